The Kier molecular flexibility index (Phi) is 4.70. The van der Waals surface area contributed by atoms with Gasteiger partial charge in [-0.25, -0.2) is 13.1 Å². The van der Waals surface area contributed by atoms with Crippen LogP contribution in [0.1, 0.15) is 46.0 Å². The third-order valence-corrected chi connectivity index (χ3v) is 5.37. The predicted octanol–water partition coefficient (Wildman–Crippen LogP) is 1.73. The van der Waals surface area contributed by atoms with Gasteiger partial charge in [0.2, 0.25) is 10.0 Å². The summed E-state index contributed by atoms with van der Waals surface area (Å²) in [5, 5.41) is 4.05. The van der Waals surface area contributed by atoms with E-state index in [0.717, 1.165) is 32.1 Å². The van der Waals surface area contributed by atoms with E-state index in [0.29, 0.717) is 12.5 Å². The number of sulfonamides is 1. The SMILES string of the molecule is CCCn1cc(S(=O)(=O)NC2CCC(C)CC2)c(N)n1. The summed E-state index contributed by atoms with van der Waals surface area (Å²) in [6.07, 6.45) is 6.32. The summed E-state index contributed by atoms with van der Waals surface area (Å²) in [5.74, 6) is 0.767. The van der Waals surface area contributed by atoms with Crippen molar-refractivity contribution in [1.29, 1.82) is 0 Å². The van der Waals surface area contributed by atoms with Crippen molar-refractivity contribution in [1.82, 2.24) is 14.5 Å². The van der Waals surface area contributed by atoms with Gasteiger partial charge in [0, 0.05) is 18.8 Å². The number of aromatic nitrogens is 2. The van der Waals surface area contributed by atoms with Crippen LogP contribution < -0.4 is 10.5 Å². The Morgan fingerprint density at radius 1 is 1.40 bits per heavy atom. The van der Waals surface area contributed by atoms with Gasteiger partial charge in [-0.2, -0.15) is 5.10 Å². The number of nitrogens with zero attached hydrogens (tertiary/aromatic N) is 2. The molecule has 1 heterocycles. The molecule has 2 rings (SSSR count). The van der Waals surface area contributed by atoms with E-state index < -0.39 is 10.0 Å². The van der Waals surface area contributed by atoms with Crippen molar-refractivity contribution in [3.05, 3.63) is 6.20 Å². The zero-order valence-corrected chi connectivity index (χ0v) is 13.0. The first-order chi connectivity index (χ1) is 9.42. The number of hydrogen-bond donors (Lipinski definition) is 2. The van der Waals surface area contributed by atoms with Crippen LogP contribution in [0.2, 0.25) is 0 Å². The van der Waals surface area contributed by atoms with Crippen LogP contribution in [0, 0.1) is 5.92 Å². The molecule has 1 aliphatic rings. The maximum absolute atomic E-state index is 12.4. The second-order valence-corrected chi connectivity index (χ2v) is 7.40. The van der Waals surface area contributed by atoms with Gasteiger partial charge in [-0.05, 0) is 38.0 Å². The minimum absolute atomic E-state index is 0.0186. The first-order valence-electron chi connectivity index (χ1n) is 7.27. The molecule has 0 saturated heterocycles. The average Bonchev–Trinajstić information content (AvgIpc) is 2.74. The van der Waals surface area contributed by atoms with Crippen LogP contribution in [0.3, 0.4) is 0 Å². The molecule has 114 valence electrons. The molecule has 0 spiro atoms. The predicted molar refractivity (Wildman–Crippen MR) is 78.7 cm³/mol. The molecule has 0 aromatic carbocycles. The molecule has 20 heavy (non-hydrogen) atoms. The normalized spacial score (nSPS) is 23.9. The Labute approximate surface area is 120 Å². The molecule has 0 aliphatic heterocycles. The fraction of sp³-hybridized carbons (Fsp3) is 0.769. The standard InChI is InChI=1S/C13H24N4O2S/c1-3-8-17-9-12(13(14)15-17)20(18,19)16-11-6-4-10(2)5-7-11/h9-11,16H,3-8H2,1-2H3,(H2,14,15). The molecule has 1 fully saturated rings. The molecule has 1 aromatic rings. The van der Waals surface area contributed by atoms with Gasteiger partial charge in [0.25, 0.3) is 0 Å². The van der Waals surface area contributed by atoms with Crippen molar-refractivity contribution in [2.75, 3.05) is 5.73 Å². The van der Waals surface area contributed by atoms with Gasteiger partial charge in [0.15, 0.2) is 5.82 Å². The molecule has 1 aromatic heterocycles. The Bertz CT molecular complexity index is 545. The lowest BCUT2D eigenvalue weighted by Gasteiger charge is -2.26. The van der Waals surface area contributed by atoms with E-state index in [-0.39, 0.29) is 16.8 Å². The highest BCUT2D eigenvalue weighted by atomic mass is 32.2. The Hall–Kier alpha value is -1.08. The summed E-state index contributed by atoms with van der Waals surface area (Å²) in [7, 11) is -3.56. The van der Waals surface area contributed by atoms with Crippen molar-refractivity contribution < 1.29 is 8.42 Å². The van der Waals surface area contributed by atoms with E-state index in [4.69, 9.17) is 5.73 Å². The van der Waals surface area contributed by atoms with Gasteiger partial charge < -0.3 is 5.73 Å². The maximum atomic E-state index is 12.4. The molecule has 0 atom stereocenters. The lowest BCUT2D eigenvalue weighted by molar-refractivity contribution is 0.332. The lowest BCUT2D eigenvalue weighted by Crippen LogP contribution is -2.37. The third kappa shape index (κ3) is 3.52. The zero-order valence-electron chi connectivity index (χ0n) is 12.2. The summed E-state index contributed by atoms with van der Waals surface area (Å²) in [4.78, 5) is 0.101. The summed E-state index contributed by atoms with van der Waals surface area (Å²) >= 11 is 0. The first-order valence-corrected chi connectivity index (χ1v) is 8.76. The maximum Gasteiger partial charge on any atom is 0.246 e. The van der Waals surface area contributed by atoms with Gasteiger partial charge in [-0.3, -0.25) is 4.68 Å². The minimum atomic E-state index is -3.56. The van der Waals surface area contributed by atoms with Crippen molar-refractivity contribution in [2.24, 2.45) is 5.92 Å². The quantitative estimate of drug-likeness (QED) is 0.866. The first kappa shape index (κ1) is 15.3. The van der Waals surface area contributed by atoms with Crippen molar-refractivity contribution in [2.45, 2.75) is 63.4 Å². The van der Waals surface area contributed by atoms with Crippen LogP contribution in [-0.2, 0) is 16.6 Å². The van der Waals surface area contributed by atoms with Gasteiger partial charge in [-0.15, -0.1) is 0 Å². The smallest absolute Gasteiger partial charge is 0.246 e. The van der Waals surface area contributed by atoms with E-state index in [1.165, 1.54) is 6.20 Å². The van der Waals surface area contributed by atoms with Gasteiger partial charge in [0.1, 0.15) is 4.90 Å². The van der Waals surface area contributed by atoms with Crippen molar-refractivity contribution in [3.8, 4) is 0 Å². The van der Waals surface area contributed by atoms with Crippen LogP contribution >= 0.6 is 0 Å². The van der Waals surface area contributed by atoms with E-state index in [1.807, 2.05) is 6.92 Å². The average molecular weight is 300 g/mol. The molecule has 7 heteroatoms. The highest BCUT2D eigenvalue weighted by Crippen LogP contribution is 2.25. The fourth-order valence-corrected chi connectivity index (χ4v) is 4.01. The van der Waals surface area contributed by atoms with Crippen LogP contribution in [0.15, 0.2) is 11.1 Å². The summed E-state index contributed by atoms with van der Waals surface area (Å²) in [6.45, 7) is 4.88. The third-order valence-electron chi connectivity index (χ3n) is 3.83. The summed E-state index contributed by atoms with van der Waals surface area (Å²) in [6, 6.07) is 0.0186. The number of anilines is 1. The molecule has 1 aliphatic carbocycles. The molecule has 0 radical (unpaired) electrons. The molecule has 0 unspecified atom stereocenters. The highest BCUT2D eigenvalue weighted by Gasteiger charge is 2.27. The second-order valence-electron chi connectivity index (χ2n) is 5.72. The lowest BCUT2D eigenvalue weighted by atomic mass is 9.88. The molecule has 0 amide bonds. The molecule has 0 bridgehead atoms. The highest BCUT2D eigenvalue weighted by molar-refractivity contribution is 7.89. The molecule has 3 N–H and O–H groups in total. The number of rotatable bonds is 5. The number of nitrogens with two attached hydrogens (primary N) is 1. The largest absolute Gasteiger partial charge is 0.381 e. The van der Waals surface area contributed by atoms with Gasteiger partial charge in [0.05, 0.1) is 0 Å². The number of nitrogen functional groups attached to an aromatic ring is 1. The van der Waals surface area contributed by atoms with Crippen LogP contribution in [-0.4, -0.2) is 24.2 Å². The number of hydrogen-bond acceptors (Lipinski definition) is 4. The van der Waals surface area contributed by atoms with Crippen molar-refractivity contribution >= 4 is 15.8 Å². The van der Waals surface area contributed by atoms with Gasteiger partial charge in [-0.1, -0.05) is 13.8 Å². The number of aryl methyl sites for hydroxylation is 1. The van der Waals surface area contributed by atoms with Crippen LogP contribution in [0.5, 0.6) is 0 Å². The number of nitrogens with one attached hydrogen (secondary N) is 1. The van der Waals surface area contributed by atoms with E-state index in [1.54, 1.807) is 4.68 Å². The summed E-state index contributed by atoms with van der Waals surface area (Å²) < 4.78 is 29.1. The minimum Gasteiger partial charge on any atom is -0.381 e. The topological polar surface area (TPSA) is 90.0 Å². The van der Waals surface area contributed by atoms with Crippen LogP contribution in [0.4, 0.5) is 5.82 Å². The van der Waals surface area contributed by atoms with Crippen LogP contribution in [0.25, 0.3) is 0 Å². The Morgan fingerprint density at radius 2 is 2.05 bits per heavy atom. The zero-order chi connectivity index (χ0) is 14.8. The monoisotopic (exact) mass is 300 g/mol. The van der Waals surface area contributed by atoms with Crippen molar-refractivity contribution in [3.63, 3.8) is 0 Å². The van der Waals surface area contributed by atoms with E-state index >= 15 is 0 Å². The fourth-order valence-electron chi connectivity index (χ4n) is 2.63. The Balaban J connectivity index is 2.10. The molecule has 6 nitrogen and oxygen atoms in total. The molecule has 1 saturated carbocycles. The van der Waals surface area contributed by atoms with Gasteiger partial charge >= 0.3 is 0 Å². The second kappa shape index (κ2) is 6.13. The molecular weight excluding hydrogens is 276 g/mol. The van der Waals surface area contributed by atoms with E-state index in [2.05, 4.69) is 16.7 Å². The van der Waals surface area contributed by atoms with E-state index in [9.17, 15) is 8.42 Å². The summed E-state index contributed by atoms with van der Waals surface area (Å²) in [5.41, 5.74) is 5.73. The molecular formula is C13H24N4O2S. The Morgan fingerprint density at radius 3 is 2.65 bits per heavy atom.